The number of urea groups is 1. The molecule has 0 aliphatic rings. The second kappa shape index (κ2) is 10.5. The van der Waals surface area contributed by atoms with E-state index < -0.39 is 0 Å². The SMILES string of the molecule is CNC(=O)c1ccc(CNC(=O)NCCSCc2ccc(C)cc2)cc1. The summed E-state index contributed by atoms with van der Waals surface area (Å²) in [6.07, 6.45) is 0. The van der Waals surface area contributed by atoms with Gasteiger partial charge in [0.1, 0.15) is 0 Å². The quantitative estimate of drug-likeness (QED) is 0.625. The molecular formula is C20H25N3O2S. The molecule has 0 bridgehead atoms. The second-order valence-corrected chi connectivity index (χ2v) is 7.03. The summed E-state index contributed by atoms with van der Waals surface area (Å²) >= 11 is 1.79. The predicted molar refractivity (Wildman–Crippen MR) is 107 cm³/mol. The van der Waals surface area contributed by atoms with Gasteiger partial charge in [0.25, 0.3) is 5.91 Å². The fraction of sp³-hybridized carbons (Fsp3) is 0.300. The van der Waals surface area contributed by atoms with Crippen LogP contribution in [-0.2, 0) is 12.3 Å². The second-order valence-electron chi connectivity index (χ2n) is 5.92. The highest BCUT2D eigenvalue weighted by Gasteiger charge is 2.04. The molecule has 0 saturated carbocycles. The first-order valence-corrected chi connectivity index (χ1v) is 9.70. The van der Waals surface area contributed by atoms with Gasteiger partial charge in [0, 0.05) is 37.2 Å². The number of hydrogen-bond acceptors (Lipinski definition) is 3. The molecule has 0 saturated heterocycles. The molecule has 26 heavy (non-hydrogen) atoms. The first kappa shape index (κ1) is 19.8. The Morgan fingerprint density at radius 2 is 1.58 bits per heavy atom. The van der Waals surface area contributed by atoms with Crippen LogP contribution >= 0.6 is 11.8 Å². The molecule has 0 aliphatic heterocycles. The minimum Gasteiger partial charge on any atom is -0.355 e. The molecule has 0 radical (unpaired) electrons. The fourth-order valence-corrected chi connectivity index (χ4v) is 3.09. The summed E-state index contributed by atoms with van der Waals surface area (Å²) in [5.41, 5.74) is 4.11. The van der Waals surface area contributed by atoms with Crippen LogP contribution in [0.3, 0.4) is 0 Å². The Morgan fingerprint density at radius 3 is 2.23 bits per heavy atom. The highest BCUT2D eigenvalue weighted by Crippen LogP contribution is 2.12. The molecule has 2 aromatic carbocycles. The van der Waals surface area contributed by atoms with E-state index in [1.54, 1.807) is 30.9 Å². The van der Waals surface area contributed by atoms with Crippen molar-refractivity contribution in [2.24, 2.45) is 0 Å². The molecule has 3 amide bonds. The maximum Gasteiger partial charge on any atom is 0.315 e. The van der Waals surface area contributed by atoms with Crippen LogP contribution in [0.5, 0.6) is 0 Å². The van der Waals surface area contributed by atoms with E-state index in [0.29, 0.717) is 18.7 Å². The molecule has 2 rings (SSSR count). The van der Waals surface area contributed by atoms with Crippen molar-refractivity contribution >= 4 is 23.7 Å². The Bertz CT molecular complexity index is 715. The molecule has 3 N–H and O–H groups in total. The average molecular weight is 372 g/mol. The van der Waals surface area contributed by atoms with Crippen molar-refractivity contribution in [3.05, 3.63) is 70.8 Å². The zero-order chi connectivity index (χ0) is 18.8. The Morgan fingerprint density at radius 1 is 0.923 bits per heavy atom. The monoisotopic (exact) mass is 371 g/mol. The molecule has 0 fully saturated rings. The molecular weight excluding hydrogens is 346 g/mol. The van der Waals surface area contributed by atoms with Gasteiger partial charge in [-0.15, -0.1) is 0 Å². The first-order chi connectivity index (χ1) is 12.6. The van der Waals surface area contributed by atoms with Crippen LogP contribution in [-0.4, -0.2) is 31.3 Å². The van der Waals surface area contributed by atoms with Crippen molar-refractivity contribution in [3.63, 3.8) is 0 Å². The van der Waals surface area contributed by atoms with E-state index in [1.165, 1.54) is 11.1 Å². The summed E-state index contributed by atoms with van der Waals surface area (Å²) < 4.78 is 0. The van der Waals surface area contributed by atoms with Gasteiger partial charge < -0.3 is 16.0 Å². The Labute approximate surface area is 159 Å². The van der Waals surface area contributed by atoms with Crippen molar-refractivity contribution in [3.8, 4) is 0 Å². The lowest BCUT2D eigenvalue weighted by Gasteiger charge is -2.08. The van der Waals surface area contributed by atoms with E-state index in [-0.39, 0.29) is 11.9 Å². The molecule has 5 nitrogen and oxygen atoms in total. The van der Waals surface area contributed by atoms with Gasteiger partial charge >= 0.3 is 6.03 Å². The summed E-state index contributed by atoms with van der Waals surface area (Å²) in [4.78, 5) is 23.3. The molecule has 6 heteroatoms. The van der Waals surface area contributed by atoms with Crippen LogP contribution in [0, 0.1) is 6.92 Å². The van der Waals surface area contributed by atoms with E-state index in [0.717, 1.165) is 17.1 Å². The van der Waals surface area contributed by atoms with Crippen LogP contribution in [0.2, 0.25) is 0 Å². The Hall–Kier alpha value is -2.47. The van der Waals surface area contributed by atoms with Crippen LogP contribution in [0.1, 0.15) is 27.0 Å². The normalized spacial score (nSPS) is 10.2. The zero-order valence-corrected chi connectivity index (χ0v) is 16.0. The predicted octanol–water partition coefficient (Wildman–Crippen LogP) is 3.09. The molecule has 2 aromatic rings. The maximum atomic E-state index is 11.8. The number of carbonyl (C=O) groups excluding carboxylic acids is 2. The van der Waals surface area contributed by atoms with Crippen molar-refractivity contribution in [2.45, 2.75) is 19.2 Å². The number of aryl methyl sites for hydroxylation is 1. The zero-order valence-electron chi connectivity index (χ0n) is 15.2. The van der Waals surface area contributed by atoms with Gasteiger partial charge in [0.2, 0.25) is 0 Å². The number of amides is 3. The third kappa shape index (κ3) is 6.80. The Kier molecular flexibility index (Phi) is 8.02. The third-order valence-corrected chi connectivity index (χ3v) is 4.85. The fourth-order valence-electron chi connectivity index (χ4n) is 2.27. The molecule has 0 unspecified atom stereocenters. The number of carbonyl (C=O) groups is 2. The van der Waals surface area contributed by atoms with E-state index in [9.17, 15) is 9.59 Å². The summed E-state index contributed by atoms with van der Waals surface area (Å²) in [6.45, 7) is 3.13. The van der Waals surface area contributed by atoms with Crippen LogP contribution in [0.25, 0.3) is 0 Å². The third-order valence-electron chi connectivity index (χ3n) is 3.82. The van der Waals surface area contributed by atoms with Gasteiger partial charge in [0.15, 0.2) is 0 Å². The number of thioether (sulfide) groups is 1. The van der Waals surface area contributed by atoms with E-state index in [2.05, 4.69) is 47.1 Å². The summed E-state index contributed by atoms with van der Waals surface area (Å²) in [5, 5.41) is 8.25. The largest absolute Gasteiger partial charge is 0.355 e. The minimum atomic E-state index is -0.184. The summed E-state index contributed by atoms with van der Waals surface area (Å²) in [5.74, 6) is 1.69. The average Bonchev–Trinajstić information content (AvgIpc) is 2.67. The molecule has 0 aliphatic carbocycles. The molecule has 0 aromatic heterocycles. The molecule has 0 heterocycles. The van der Waals surface area contributed by atoms with E-state index in [4.69, 9.17) is 0 Å². The van der Waals surface area contributed by atoms with Crippen molar-refractivity contribution < 1.29 is 9.59 Å². The van der Waals surface area contributed by atoms with Gasteiger partial charge in [-0.1, -0.05) is 42.0 Å². The van der Waals surface area contributed by atoms with Gasteiger partial charge in [-0.25, -0.2) is 4.79 Å². The maximum absolute atomic E-state index is 11.8. The minimum absolute atomic E-state index is 0.120. The van der Waals surface area contributed by atoms with Crippen LogP contribution < -0.4 is 16.0 Å². The molecule has 138 valence electrons. The van der Waals surface area contributed by atoms with Crippen molar-refractivity contribution in [1.82, 2.24) is 16.0 Å². The lowest BCUT2D eigenvalue weighted by Crippen LogP contribution is -2.36. The van der Waals surface area contributed by atoms with Crippen LogP contribution in [0.15, 0.2) is 48.5 Å². The lowest BCUT2D eigenvalue weighted by atomic mass is 10.1. The molecule has 0 spiro atoms. The number of hydrogen-bond donors (Lipinski definition) is 3. The van der Waals surface area contributed by atoms with Gasteiger partial charge in [-0.2, -0.15) is 11.8 Å². The number of benzene rings is 2. The topological polar surface area (TPSA) is 70.2 Å². The van der Waals surface area contributed by atoms with Gasteiger partial charge in [-0.05, 0) is 30.2 Å². The van der Waals surface area contributed by atoms with E-state index >= 15 is 0 Å². The lowest BCUT2D eigenvalue weighted by molar-refractivity contribution is 0.0963. The van der Waals surface area contributed by atoms with Gasteiger partial charge in [0.05, 0.1) is 0 Å². The summed E-state index contributed by atoms with van der Waals surface area (Å²) in [7, 11) is 1.60. The highest BCUT2D eigenvalue weighted by atomic mass is 32.2. The number of rotatable bonds is 8. The standard InChI is InChI=1S/C20H25N3O2S/c1-15-3-5-17(6-4-15)14-26-12-11-22-20(25)23-13-16-7-9-18(10-8-16)19(24)21-2/h3-10H,11-14H2,1-2H3,(H,21,24)(H2,22,23,25). The Balaban J connectivity index is 1.60. The van der Waals surface area contributed by atoms with Crippen LogP contribution in [0.4, 0.5) is 4.79 Å². The smallest absolute Gasteiger partial charge is 0.315 e. The highest BCUT2D eigenvalue weighted by molar-refractivity contribution is 7.98. The van der Waals surface area contributed by atoms with E-state index in [1.807, 2.05) is 12.1 Å². The van der Waals surface area contributed by atoms with Crippen molar-refractivity contribution in [1.29, 1.82) is 0 Å². The summed E-state index contributed by atoms with van der Waals surface area (Å²) in [6, 6.07) is 15.5. The first-order valence-electron chi connectivity index (χ1n) is 8.54. The van der Waals surface area contributed by atoms with Gasteiger partial charge in [-0.3, -0.25) is 4.79 Å². The van der Waals surface area contributed by atoms with Crippen molar-refractivity contribution in [2.75, 3.05) is 19.3 Å². The molecule has 0 atom stereocenters. The number of nitrogens with one attached hydrogen (secondary N) is 3.